The molecule has 0 heterocycles. The average Bonchev–Trinajstić information content (AvgIpc) is 2.30. The SMILES string of the molecule is CCC(CC(N)=NO)Nc1ccc(Cl)cc1. The first-order valence-corrected chi connectivity index (χ1v) is 5.52. The number of amidine groups is 1. The molecule has 0 aliphatic heterocycles. The highest BCUT2D eigenvalue weighted by atomic mass is 35.5. The number of rotatable bonds is 5. The van der Waals surface area contributed by atoms with Crippen molar-refractivity contribution in [2.45, 2.75) is 25.8 Å². The molecule has 0 bridgehead atoms. The summed E-state index contributed by atoms with van der Waals surface area (Å²) in [4.78, 5) is 0. The Kier molecular flexibility index (Phi) is 4.92. The minimum absolute atomic E-state index is 0.150. The highest BCUT2D eigenvalue weighted by molar-refractivity contribution is 6.30. The summed E-state index contributed by atoms with van der Waals surface area (Å²) in [6, 6.07) is 7.59. The van der Waals surface area contributed by atoms with Crippen LogP contribution in [0, 0.1) is 0 Å². The molecular formula is C11H16ClN3O. The van der Waals surface area contributed by atoms with Crippen molar-refractivity contribution in [1.82, 2.24) is 0 Å². The van der Waals surface area contributed by atoms with Gasteiger partial charge in [0, 0.05) is 23.2 Å². The molecule has 16 heavy (non-hydrogen) atoms. The fourth-order valence-electron chi connectivity index (χ4n) is 1.37. The lowest BCUT2D eigenvalue weighted by atomic mass is 10.1. The van der Waals surface area contributed by atoms with E-state index in [4.69, 9.17) is 22.5 Å². The molecule has 0 aromatic heterocycles. The first-order chi connectivity index (χ1) is 7.65. The Balaban J connectivity index is 2.59. The minimum atomic E-state index is 0.150. The van der Waals surface area contributed by atoms with Gasteiger partial charge in [0.2, 0.25) is 0 Å². The van der Waals surface area contributed by atoms with Crippen molar-refractivity contribution < 1.29 is 5.21 Å². The molecular weight excluding hydrogens is 226 g/mol. The van der Waals surface area contributed by atoms with Gasteiger partial charge in [0.1, 0.15) is 5.84 Å². The number of hydrogen-bond acceptors (Lipinski definition) is 3. The van der Waals surface area contributed by atoms with Crippen molar-refractivity contribution >= 4 is 23.1 Å². The van der Waals surface area contributed by atoms with Crippen LogP contribution in [-0.4, -0.2) is 17.1 Å². The van der Waals surface area contributed by atoms with Crippen LogP contribution in [-0.2, 0) is 0 Å². The Morgan fingerprint density at radius 2 is 2.12 bits per heavy atom. The van der Waals surface area contributed by atoms with E-state index in [0.29, 0.717) is 11.4 Å². The minimum Gasteiger partial charge on any atom is -0.409 e. The van der Waals surface area contributed by atoms with Gasteiger partial charge in [0.25, 0.3) is 0 Å². The number of benzene rings is 1. The molecule has 0 saturated carbocycles. The van der Waals surface area contributed by atoms with E-state index in [2.05, 4.69) is 10.5 Å². The summed E-state index contributed by atoms with van der Waals surface area (Å²) >= 11 is 5.79. The molecule has 0 radical (unpaired) electrons. The van der Waals surface area contributed by atoms with E-state index < -0.39 is 0 Å². The van der Waals surface area contributed by atoms with Gasteiger partial charge in [-0.1, -0.05) is 23.7 Å². The van der Waals surface area contributed by atoms with Gasteiger partial charge in [-0.15, -0.1) is 0 Å². The summed E-state index contributed by atoms with van der Waals surface area (Å²) in [5.74, 6) is 0.230. The maximum Gasteiger partial charge on any atom is 0.141 e. The molecule has 4 N–H and O–H groups in total. The topological polar surface area (TPSA) is 70.6 Å². The monoisotopic (exact) mass is 241 g/mol. The van der Waals surface area contributed by atoms with Crippen LogP contribution < -0.4 is 11.1 Å². The van der Waals surface area contributed by atoms with Gasteiger partial charge in [-0.2, -0.15) is 0 Å². The second-order valence-corrected chi connectivity index (χ2v) is 3.99. The summed E-state index contributed by atoms with van der Waals surface area (Å²) in [6.07, 6.45) is 1.40. The Bertz CT molecular complexity index is 351. The zero-order chi connectivity index (χ0) is 12.0. The smallest absolute Gasteiger partial charge is 0.141 e. The number of hydrogen-bond donors (Lipinski definition) is 3. The van der Waals surface area contributed by atoms with E-state index in [0.717, 1.165) is 12.1 Å². The van der Waals surface area contributed by atoms with Crippen LogP contribution in [0.2, 0.25) is 5.02 Å². The maximum atomic E-state index is 8.50. The Labute approximate surface area is 100 Å². The third-order valence-corrected chi connectivity index (χ3v) is 2.54. The largest absolute Gasteiger partial charge is 0.409 e. The molecule has 0 amide bonds. The molecule has 1 atom stereocenters. The van der Waals surface area contributed by atoms with E-state index in [-0.39, 0.29) is 11.9 Å². The van der Waals surface area contributed by atoms with Crippen LogP contribution in [0.15, 0.2) is 29.4 Å². The van der Waals surface area contributed by atoms with Crippen molar-refractivity contribution in [1.29, 1.82) is 0 Å². The lowest BCUT2D eigenvalue weighted by Gasteiger charge is -2.17. The van der Waals surface area contributed by atoms with E-state index >= 15 is 0 Å². The molecule has 1 rings (SSSR count). The van der Waals surface area contributed by atoms with Crippen LogP contribution >= 0.6 is 11.6 Å². The summed E-state index contributed by atoms with van der Waals surface area (Å²) in [5, 5.41) is 15.5. The quantitative estimate of drug-likeness (QED) is 0.321. The highest BCUT2D eigenvalue weighted by Gasteiger charge is 2.08. The van der Waals surface area contributed by atoms with Crippen LogP contribution in [0.3, 0.4) is 0 Å². The van der Waals surface area contributed by atoms with Crippen LogP contribution in [0.25, 0.3) is 0 Å². The van der Waals surface area contributed by atoms with Gasteiger partial charge in [-0.05, 0) is 30.7 Å². The van der Waals surface area contributed by atoms with Gasteiger partial charge in [-0.3, -0.25) is 0 Å². The van der Waals surface area contributed by atoms with E-state index in [1.807, 2.05) is 31.2 Å². The number of nitrogens with two attached hydrogens (primary N) is 1. The second kappa shape index (κ2) is 6.23. The first-order valence-electron chi connectivity index (χ1n) is 5.14. The zero-order valence-electron chi connectivity index (χ0n) is 9.15. The number of oxime groups is 1. The number of halogens is 1. The van der Waals surface area contributed by atoms with Crippen molar-refractivity contribution in [3.8, 4) is 0 Å². The molecule has 88 valence electrons. The molecule has 0 aliphatic carbocycles. The molecule has 1 aromatic carbocycles. The summed E-state index contributed by atoms with van der Waals surface area (Å²) < 4.78 is 0. The van der Waals surface area contributed by atoms with Gasteiger partial charge < -0.3 is 16.3 Å². The average molecular weight is 242 g/mol. The van der Waals surface area contributed by atoms with Crippen LogP contribution in [0.4, 0.5) is 5.69 Å². The summed E-state index contributed by atoms with van der Waals surface area (Å²) in [6.45, 7) is 2.04. The molecule has 1 aromatic rings. The van der Waals surface area contributed by atoms with E-state index in [9.17, 15) is 0 Å². The molecule has 0 saturated heterocycles. The molecule has 0 fully saturated rings. The number of nitrogens with one attached hydrogen (secondary N) is 1. The maximum absolute atomic E-state index is 8.50. The number of nitrogens with zero attached hydrogens (tertiary/aromatic N) is 1. The van der Waals surface area contributed by atoms with Gasteiger partial charge in [0.15, 0.2) is 0 Å². The number of anilines is 1. The zero-order valence-corrected chi connectivity index (χ0v) is 9.91. The van der Waals surface area contributed by atoms with Crippen molar-refractivity contribution in [3.05, 3.63) is 29.3 Å². The Hall–Kier alpha value is -1.42. The fourth-order valence-corrected chi connectivity index (χ4v) is 1.50. The first kappa shape index (κ1) is 12.6. The van der Waals surface area contributed by atoms with Gasteiger partial charge in [-0.25, -0.2) is 0 Å². The van der Waals surface area contributed by atoms with Crippen molar-refractivity contribution in [2.75, 3.05) is 5.32 Å². The van der Waals surface area contributed by atoms with Gasteiger partial charge >= 0.3 is 0 Å². The summed E-state index contributed by atoms with van der Waals surface area (Å²) in [5.41, 5.74) is 6.44. The molecule has 1 unspecified atom stereocenters. The molecule has 4 nitrogen and oxygen atoms in total. The lowest BCUT2D eigenvalue weighted by Crippen LogP contribution is -2.26. The normalized spacial score (nSPS) is 13.5. The van der Waals surface area contributed by atoms with Crippen molar-refractivity contribution in [3.63, 3.8) is 0 Å². The molecule has 0 aliphatic rings. The lowest BCUT2D eigenvalue weighted by molar-refractivity contribution is 0.316. The van der Waals surface area contributed by atoms with Gasteiger partial charge in [0.05, 0.1) is 0 Å². The molecule has 5 heteroatoms. The van der Waals surface area contributed by atoms with Crippen LogP contribution in [0.1, 0.15) is 19.8 Å². The van der Waals surface area contributed by atoms with Crippen molar-refractivity contribution in [2.24, 2.45) is 10.9 Å². The fraction of sp³-hybridized carbons (Fsp3) is 0.364. The standard InChI is InChI=1S/C11H16ClN3O/c1-2-9(7-11(13)15-16)14-10-5-3-8(12)4-6-10/h3-6,9,14,16H,2,7H2,1H3,(H2,13,15). The Morgan fingerprint density at radius 3 is 2.62 bits per heavy atom. The summed E-state index contributed by atoms with van der Waals surface area (Å²) in [7, 11) is 0. The third-order valence-electron chi connectivity index (χ3n) is 2.29. The van der Waals surface area contributed by atoms with E-state index in [1.54, 1.807) is 0 Å². The second-order valence-electron chi connectivity index (χ2n) is 3.55. The molecule has 0 spiro atoms. The Morgan fingerprint density at radius 1 is 1.50 bits per heavy atom. The predicted octanol–water partition coefficient (Wildman–Crippen LogP) is 2.67. The predicted molar refractivity (Wildman–Crippen MR) is 67.2 cm³/mol. The highest BCUT2D eigenvalue weighted by Crippen LogP contribution is 2.15. The third kappa shape index (κ3) is 3.98. The van der Waals surface area contributed by atoms with E-state index in [1.165, 1.54) is 0 Å². The van der Waals surface area contributed by atoms with Crippen LogP contribution in [0.5, 0.6) is 0 Å².